The number of benzene rings is 1. The number of nitrogens with one attached hydrogen (secondary N) is 1. The minimum Gasteiger partial charge on any atom is -0.443 e. The number of anilines is 2. The maximum Gasteiger partial charge on any atom is 0.231 e. The molecule has 0 spiro atoms. The summed E-state index contributed by atoms with van der Waals surface area (Å²) in [5.41, 5.74) is 2.26. The second-order valence-electron chi connectivity index (χ2n) is 5.34. The Bertz CT molecular complexity index is 1010. The largest absolute Gasteiger partial charge is 0.443 e. The van der Waals surface area contributed by atoms with Gasteiger partial charge in [-0.15, -0.1) is 0 Å². The van der Waals surface area contributed by atoms with Crippen LogP contribution >= 0.6 is 11.6 Å². The van der Waals surface area contributed by atoms with Crippen LogP contribution in [0.5, 0.6) is 0 Å². The first kappa shape index (κ1) is 14.7. The van der Waals surface area contributed by atoms with Crippen LogP contribution in [0.25, 0.3) is 22.5 Å². The Labute approximate surface area is 143 Å². The second kappa shape index (κ2) is 5.94. The van der Waals surface area contributed by atoms with Gasteiger partial charge in [0, 0.05) is 28.7 Å². The third kappa shape index (κ3) is 2.81. The molecule has 1 N–H and O–H groups in total. The van der Waals surface area contributed by atoms with Crippen molar-refractivity contribution in [3.05, 3.63) is 65.6 Å². The Kier molecular flexibility index (Phi) is 3.63. The normalized spacial score (nSPS) is 10.9. The van der Waals surface area contributed by atoms with Crippen LogP contribution in [0, 0.1) is 6.92 Å². The van der Waals surface area contributed by atoms with E-state index >= 15 is 0 Å². The van der Waals surface area contributed by atoms with Crippen LogP contribution in [0.4, 0.5) is 11.5 Å². The molecule has 6 heteroatoms. The lowest BCUT2D eigenvalue weighted by molar-refractivity contribution is 0.567. The minimum absolute atomic E-state index is 0.536. The minimum atomic E-state index is 0.536. The first-order valence-corrected chi connectivity index (χ1v) is 7.78. The van der Waals surface area contributed by atoms with E-state index < -0.39 is 0 Å². The highest BCUT2D eigenvalue weighted by atomic mass is 35.5. The van der Waals surface area contributed by atoms with Crippen LogP contribution in [0.3, 0.4) is 0 Å². The van der Waals surface area contributed by atoms with Crippen molar-refractivity contribution in [2.45, 2.75) is 6.92 Å². The summed E-state index contributed by atoms with van der Waals surface area (Å²) in [6, 6.07) is 13.1. The number of fused-ring (bicyclic) bond motifs is 1. The lowest BCUT2D eigenvalue weighted by Crippen LogP contribution is -1.98. The zero-order valence-corrected chi connectivity index (χ0v) is 13.6. The highest BCUT2D eigenvalue weighted by Gasteiger charge is 2.13. The molecule has 3 heterocycles. The summed E-state index contributed by atoms with van der Waals surface area (Å²) in [6.45, 7) is 1.89. The second-order valence-corrected chi connectivity index (χ2v) is 5.78. The van der Waals surface area contributed by atoms with Gasteiger partial charge in [-0.25, -0.2) is 4.98 Å². The zero-order valence-electron chi connectivity index (χ0n) is 12.8. The standard InChI is InChI=1S/C18H13ClN4O/c1-11-9-15-17(21-14-5-7-20-8-6-14)22-16(23-18(15)24-11)12-3-2-4-13(19)10-12/h2-10H,1H3,(H,20,21,22,23). The van der Waals surface area contributed by atoms with Crippen molar-refractivity contribution in [1.82, 2.24) is 15.0 Å². The molecule has 0 bridgehead atoms. The van der Waals surface area contributed by atoms with Gasteiger partial charge in [0.25, 0.3) is 0 Å². The predicted molar refractivity (Wildman–Crippen MR) is 94.5 cm³/mol. The molecule has 5 nitrogen and oxygen atoms in total. The zero-order chi connectivity index (χ0) is 16.5. The van der Waals surface area contributed by atoms with Crippen LogP contribution in [0.2, 0.25) is 5.02 Å². The van der Waals surface area contributed by atoms with Gasteiger partial charge in [-0.05, 0) is 37.3 Å². The Hall–Kier alpha value is -2.92. The van der Waals surface area contributed by atoms with E-state index in [0.29, 0.717) is 22.4 Å². The smallest absolute Gasteiger partial charge is 0.231 e. The molecule has 0 aliphatic heterocycles. The van der Waals surface area contributed by atoms with Gasteiger partial charge in [0.05, 0.1) is 5.39 Å². The summed E-state index contributed by atoms with van der Waals surface area (Å²) in [5.74, 6) is 2.01. The van der Waals surface area contributed by atoms with Crippen LogP contribution in [-0.2, 0) is 0 Å². The highest BCUT2D eigenvalue weighted by molar-refractivity contribution is 6.30. The van der Waals surface area contributed by atoms with E-state index in [1.54, 1.807) is 12.4 Å². The van der Waals surface area contributed by atoms with Crippen molar-refractivity contribution in [2.75, 3.05) is 5.32 Å². The number of hydrogen-bond donors (Lipinski definition) is 1. The van der Waals surface area contributed by atoms with Gasteiger partial charge < -0.3 is 9.73 Å². The summed E-state index contributed by atoms with van der Waals surface area (Å²) in [4.78, 5) is 13.2. The average Bonchev–Trinajstić information content (AvgIpc) is 2.96. The number of furan rings is 1. The number of halogens is 1. The molecule has 0 unspecified atom stereocenters. The van der Waals surface area contributed by atoms with Crippen molar-refractivity contribution in [3.8, 4) is 11.4 Å². The molecule has 24 heavy (non-hydrogen) atoms. The van der Waals surface area contributed by atoms with Crippen molar-refractivity contribution in [2.24, 2.45) is 0 Å². The lowest BCUT2D eigenvalue weighted by Gasteiger charge is -2.08. The molecule has 0 saturated carbocycles. The molecule has 0 aliphatic rings. The van der Waals surface area contributed by atoms with Gasteiger partial charge in [-0.1, -0.05) is 23.7 Å². The van der Waals surface area contributed by atoms with Gasteiger partial charge in [0.1, 0.15) is 11.6 Å². The molecule has 1 aromatic carbocycles. The van der Waals surface area contributed by atoms with Crippen molar-refractivity contribution in [3.63, 3.8) is 0 Å². The van der Waals surface area contributed by atoms with Crippen LogP contribution in [0.1, 0.15) is 5.76 Å². The van der Waals surface area contributed by atoms with Crippen molar-refractivity contribution < 1.29 is 4.42 Å². The van der Waals surface area contributed by atoms with Gasteiger partial charge in [0.15, 0.2) is 5.82 Å². The molecule has 0 saturated heterocycles. The first-order valence-electron chi connectivity index (χ1n) is 7.40. The van der Waals surface area contributed by atoms with E-state index in [1.165, 1.54) is 0 Å². The molecular formula is C18H13ClN4O. The maximum atomic E-state index is 6.09. The average molecular weight is 337 g/mol. The number of nitrogens with zero attached hydrogens (tertiary/aromatic N) is 3. The lowest BCUT2D eigenvalue weighted by atomic mass is 10.2. The van der Waals surface area contributed by atoms with E-state index in [1.807, 2.05) is 49.4 Å². The molecule has 3 aromatic heterocycles. The Morgan fingerprint density at radius 2 is 1.88 bits per heavy atom. The number of aromatic nitrogens is 3. The molecule has 4 aromatic rings. The van der Waals surface area contributed by atoms with Crippen LogP contribution in [-0.4, -0.2) is 15.0 Å². The predicted octanol–water partition coefficient (Wildman–Crippen LogP) is 4.99. The number of rotatable bonds is 3. The fourth-order valence-electron chi connectivity index (χ4n) is 2.47. The van der Waals surface area contributed by atoms with Gasteiger partial charge >= 0.3 is 0 Å². The molecule has 0 atom stereocenters. The van der Waals surface area contributed by atoms with Crippen molar-refractivity contribution >= 4 is 34.2 Å². The molecule has 4 rings (SSSR count). The van der Waals surface area contributed by atoms with Crippen LogP contribution < -0.4 is 5.32 Å². The van der Waals surface area contributed by atoms with Crippen molar-refractivity contribution in [1.29, 1.82) is 0 Å². The Balaban J connectivity index is 1.87. The molecule has 0 amide bonds. The third-order valence-electron chi connectivity index (χ3n) is 3.54. The monoisotopic (exact) mass is 336 g/mol. The topological polar surface area (TPSA) is 63.8 Å². The summed E-state index contributed by atoms with van der Waals surface area (Å²) in [7, 11) is 0. The summed E-state index contributed by atoms with van der Waals surface area (Å²) < 4.78 is 5.70. The van der Waals surface area contributed by atoms with E-state index in [2.05, 4.69) is 20.3 Å². The maximum absolute atomic E-state index is 6.09. The number of aryl methyl sites for hydroxylation is 1. The number of hydrogen-bond acceptors (Lipinski definition) is 5. The van der Waals surface area contributed by atoms with E-state index in [9.17, 15) is 0 Å². The molecule has 0 fully saturated rings. The first-order chi connectivity index (χ1) is 11.7. The Morgan fingerprint density at radius 3 is 2.67 bits per heavy atom. The summed E-state index contributed by atoms with van der Waals surface area (Å²) >= 11 is 6.09. The van der Waals surface area contributed by atoms with Gasteiger partial charge in [-0.3, -0.25) is 4.98 Å². The SMILES string of the molecule is Cc1cc2c(Nc3ccncc3)nc(-c3cccc(Cl)c3)nc2o1. The molecular weight excluding hydrogens is 324 g/mol. The van der Waals surface area contributed by atoms with E-state index in [4.69, 9.17) is 16.0 Å². The third-order valence-corrected chi connectivity index (χ3v) is 3.78. The number of pyridine rings is 1. The quantitative estimate of drug-likeness (QED) is 0.571. The van der Waals surface area contributed by atoms with Gasteiger partial charge in [0.2, 0.25) is 5.71 Å². The van der Waals surface area contributed by atoms with E-state index in [-0.39, 0.29) is 0 Å². The van der Waals surface area contributed by atoms with Gasteiger partial charge in [-0.2, -0.15) is 4.98 Å². The molecule has 0 radical (unpaired) electrons. The summed E-state index contributed by atoms with van der Waals surface area (Å²) in [6.07, 6.45) is 3.44. The molecule has 0 aliphatic carbocycles. The fourth-order valence-corrected chi connectivity index (χ4v) is 2.66. The van der Waals surface area contributed by atoms with Crippen LogP contribution in [0.15, 0.2) is 59.3 Å². The molecule has 118 valence electrons. The highest BCUT2D eigenvalue weighted by Crippen LogP contribution is 2.30. The summed E-state index contributed by atoms with van der Waals surface area (Å²) in [5, 5.41) is 4.76. The Morgan fingerprint density at radius 1 is 1.04 bits per heavy atom. The van der Waals surface area contributed by atoms with E-state index in [0.717, 1.165) is 22.4 Å². The fraction of sp³-hybridized carbons (Fsp3) is 0.0556.